The molecule has 0 saturated carbocycles. The highest BCUT2D eigenvalue weighted by molar-refractivity contribution is 7.99. The average Bonchev–Trinajstić information content (AvgIpc) is 3.02. The molecule has 1 amide bonds. The minimum Gasteiger partial charge on any atom is -0.349 e. The van der Waals surface area contributed by atoms with Crippen LogP contribution >= 0.6 is 23.4 Å². The standard InChI is InChI=1S/C20H19ClN4OS/c1-14(15-6-4-7-16(21)12-15)23-19(26)13-27-20-24-17-8-2-3-9-18(17)25(20)11-5-10-22/h2-4,6-9,12,14H,5,11,13H2,1H3,(H,23,26)/t14-/m1/s1. The summed E-state index contributed by atoms with van der Waals surface area (Å²) in [5.74, 6) is 0.173. The number of nitriles is 1. The Kier molecular flexibility index (Phi) is 6.38. The van der Waals surface area contributed by atoms with Gasteiger partial charge in [-0.3, -0.25) is 4.79 Å². The van der Waals surface area contributed by atoms with E-state index in [4.69, 9.17) is 16.9 Å². The number of para-hydroxylation sites is 2. The molecular weight excluding hydrogens is 380 g/mol. The molecule has 1 atom stereocenters. The predicted molar refractivity (Wildman–Crippen MR) is 109 cm³/mol. The van der Waals surface area contributed by atoms with E-state index in [2.05, 4.69) is 16.4 Å². The number of nitrogens with one attached hydrogen (secondary N) is 1. The van der Waals surface area contributed by atoms with Gasteiger partial charge in [-0.1, -0.05) is 47.6 Å². The van der Waals surface area contributed by atoms with Crippen LogP contribution < -0.4 is 5.32 Å². The van der Waals surface area contributed by atoms with Crippen LogP contribution in [0.25, 0.3) is 11.0 Å². The number of imidazole rings is 1. The lowest BCUT2D eigenvalue weighted by Crippen LogP contribution is -2.28. The molecule has 27 heavy (non-hydrogen) atoms. The van der Waals surface area contributed by atoms with Gasteiger partial charge in [-0.15, -0.1) is 0 Å². The molecule has 0 radical (unpaired) electrons. The van der Waals surface area contributed by atoms with Gasteiger partial charge in [0.25, 0.3) is 0 Å². The summed E-state index contributed by atoms with van der Waals surface area (Å²) in [5.41, 5.74) is 2.80. The van der Waals surface area contributed by atoms with Gasteiger partial charge in [-0.25, -0.2) is 4.98 Å². The summed E-state index contributed by atoms with van der Waals surface area (Å²) < 4.78 is 2.00. The maximum atomic E-state index is 12.4. The number of amides is 1. The van der Waals surface area contributed by atoms with Crippen molar-refractivity contribution in [1.82, 2.24) is 14.9 Å². The SMILES string of the molecule is C[C@@H](NC(=O)CSc1nc2ccccc2n1CCC#N)c1cccc(Cl)c1. The van der Waals surface area contributed by atoms with Gasteiger partial charge >= 0.3 is 0 Å². The first-order valence-electron chi connectivity index (χ1n) is 8.58. The molecule has 0 spiro atoms. The second-order valence-corrected chi connectivity index (χ2v) is 7.45. The molecule has 3 aromatic rings. The molecule has 3 rings (SSSR count). The van der Waals surface area contributed by atoms with Crippen molar-refractivity contribution >= 4 is 40.3 Å². The Hall–Kier alpha value is -2.49. The van der Waals surface area contributed by atoms with Crippen LogP contribution in [0.2, 0.25) is 5.02 Å². The third kappa shape index (κ3) is 4.82. The van der Waals surface area contributed by atoms with E-state index in [0.717, 1.165) is 21.8 Å². The Morgan fingerprint density at radius 3 is 2.93 bits per heavy atom. The van der Waals surface area contributed by atoms with E-state index in [1.807, 2.05) is 54.0 Å². The van der Waals surface area contributed by atoms with E-state index in [1.54, 1.807) is 6.07 Å². The van der Waals surface area contributed by atoms with Gasteiger partial charge < -0.3 is 9.88 Å². The first-order valence-corrected chi connectivity index (χ1v) is 9.94. The molecule has 0 fully saturated rings. The summed E-state index contributed by atoms with van der Waals surface area (Å²) in [6.45, 7) is 2.48. The number of thioether (sulfide) groups is 1. The van der Waals surface area contributed by atoms with Crippen LogP contribution in [0.3, 0.4) is 0 Å². The maximum absolute atomic E-state index is 12.4. The molecule has 0 aliphatic carbocycles. The number of aryl methyl sites for hydroxylation is 1. The summed E-state index contributed by atoms with van der Waals surface area (Å²) in [4.78, 5) is 17.0. The van der Waals surface area contributed by atoms with E-state index < -0.39 is 0 Å². The van der Waals surface area contributed by atoms with Gasteiger partial charge in [0.2, 0.25) is 5.91 Å². The number of carbonyl (C=O) groups is 1. The monoisotopic (exact) mass is 398 g/mol. The molecule has 5 nitrogen and oxygen atoms in total. The number of carbonyl (C=O) groups excluding carboxylic acids is 1. The van der Waals surface area contributed by atoms with Crippen molar-refractivity contribution in [2.45, 2.75) is 31.1 Å². The number of hydrogen-bond acceptors (Lipinski definition) is 4. The lowest BCUT2D eigenvalue weighted by Gasteiger charge is -2.14. The molecule has 2 aromatic carbocycles. The topological polar surface area (TPSA) is 70.7 Å². The van der Waals surface area contributed by atoms with Gasteiger partial charge in [-0.2, -0.15) is 5.26 Å². The van der Waals surface area contributed by atoms with Crippen molar-refractivity contribution in [2.75, 3.05) is 5.75 Å². The lowest BCUT2D eigenvalue weighted by molar-refractivity contribution is -0.119. The lowest BCUT2D eigenvalue weighted by atomic mass is 10.1. The zero-order chi connectivity index (χ0) is 19.2. The summed E-state index contributed by atoms with van der Waals surface area (Å²) in [7, 11) is 0. The molecule has 1 N–H and O–H groups in total. The van der Waals surface area contributed by atoms with Crippen LogP contribution in [0.5, 0.6) is 0 Å². The summed E-state index contributed by atoms with van der Waals surface area (Å²) in [5, 5.41) is 13.3. The quantitative estimate of drug-likeness (QED) is 0.591. The van der Waals surface area contributed by atoms with Gasteiger partial charge in [0, 0.05) is 11.6 Å². The fourth-order valence-electron chi connectivity index (χ4n) is 2.81. The third-order valence-electron chi connectivity index (χ3n) is 4.13. The molecule has 1 aromatic heterocycles. The Labute approximate surface area is 167 Å². The average molecular weight is 399 g/mol. The minimum absolute atomic E-state index is 0.0774. The predicted octanol–water partition coefficient (Wildman–Crippen LogP) is 4.57. The van der Waals surface area contributed by atoms with E-state index in [-0.39, 0.29) is 17.7 Å². The fourth-order valence-corrected chi connectivity index (χ4v) is 3.86. The first-order chi connectivity index (χ1) is 13.1. The molecule has 138 valence electrons. The van der Waals surface area contributed by atoms with Crippen molar-refractivity contribution < 1.29 is 4.79 Å². The second-order valence-electron chi connectivity index (χ2n) is 6.08. The van der Waals surface area contributed by atoms with Crippen LogP contribution in [-0.4, -0.2) is 21.2 Å². The van der Waals surface area contributed by atoms with Gasteiger partial charge in [0.15, 0.2) is 5.16 Å². The Balaban J connectivity index is 1.67. The number of aromatic nitrogens is 2. The van der Waals surface area contributed by atoms with Crippen molar-refractivity contribution in [1.29, 1.82) is 5.26 Å². The smallest absolute Gasteiger partial charge is 0.230 e. The Morgan fingerprint density at radius 2 is 2.15 bits per heavy atom. The van der Waals surface area contributed by atoms with Crippen molar-refractivity contribution in [3.05, 3.63) is 59.1 Å². The van der Waals surface area contributed by atoms with E-state index in [0.29, 0.717) is 18.0 Å². The highest BCUT2D eigenvalue weighted by Crippen LogP contribution is 2.25. The van der Waals surface area contributed by atoms with Gasteiger partial charge in [0.05, 0.1) is 35.3 Å². The van der Waals surface area contributed by atoms with Crippen molar-refractivity contribution in [3.8, 4) is 6.07 Å². The number of nitrogens with zero attached hydrogens (tertiary/aromatic N) is 3. The molecule has 0 aliphatic rings. The maximum Gasteiger partial charge on any atom is 0.230 e. The first kappa shape index (κ1) is 19.3. The molecule has 0 saturated heterocycles. The second kappa shape index (κ2) is 8.94. The zero-order valence-corrected chi connectivity index (χ0v) is 16.4. The summed E-state index contributed by atoms with van der Waals surface area (Å²) in [6, 6.07) is 17.3. The molecular formula is C20H19ClN4OS. The summed E-state index contributed by atoms with van der Waals surface area (Å²) >= 11 is 7.39. The molecule has 0 unspecified atom stereocenters. The van der Waals surface area contributed by atoms with E-state index in [1.165, 1.54) is 11.8 Å². The zero-order valence-electron chi connectivity index (χ0n) is 14.9. The number of hydrogen-bond donors (Lipinski definition) is 1. The number of rotatable bonds is 7. The highest BCUT2D eigenvalue weighted by Gasteiger charge is 2.14. The normalized spacial score (nSPS) is 11.9. The van der Waals surface area contributed by atoms with Crippen LogP contribution in [0.1, 0.15) is 24.9 Å². The van der Waals surface area contributed by atoms with Gasteiger partial charge in [-0.05, 0) is 36.8 Å². The number of benzene rings is 2. The van der Waals surface area contributed by atoms with E-state index in [9.17, 15) is 4.79 Å². The highest BCUT2D eigenvalue weighted by atomic mass is 35.5. The molecule has 7 heteroatoms. The van der Waals surface area contributed by atoms with Crippen molar-refractivity contribution in [2.24, 2.45) is 0 Å². The van der Waals surface area contributed by atoms with Crippen LogP contribution in [0, 0.1) is 11.3 Å². The minimum atomic E-state index is -0.130. The Bertz CT molecular complexity index is 995. The van der Waals surface area contributed by atoms with Gasteiger partial charge in [0.1, 0.15) is 0 Å². The number of fused-ring (bicyclic) bond motifs is 1. The molecule has 0 bridgehead atoms. The Morgan fingerprint density at radius 1 is 1.33 bits per heavy atom. The number of halogens is 1. The largest absolute Gasteiger partial charge is 0.349 e. The fraction of sp³-hybridized carbons (Fsp3) is 0.250. The molecule has 1 heterocycles. The third-order valence-corrected chi connectivity index (χ3v) is 5.34. The molecule has 0 aliphatic heterocycles. The van der Waals surface area contributed by atoms with Crippen LogP contribution in [0.4, 0.5) is 0 Å². The van der Waals surface area contributed by atoms with Crippen LogP contribution in [0.15, 0.2) is 53.7 Å². The van der Waals surface area contributed by atoms with Crippen LogP contribution in [-0.2, 0) is 11.3 Å². The summed E-state index contributed by atoms with van der Waals surface area (Å²) in [6.07, 6.45) is 0.395. The van der Waals surface area contributed by atoms with Crippen molar-refractivity contribution in [3.63, 3.8) is 0 Å². The van der Waals surface area contributed by atoms with E-state index >= 15 is 0 Å².